The molecule has 4 heteroatoms. The third kappa shape index (κ3) is 8.61. The largest absolute Gasteiger partial charge is 0.490 e. The third-order valence-electron chi connectivity index (χ3n) is 5.80. The van der Waals surface area contributed by atoms with Gasteiger partial charge >= 0.3 is 5.97 Å². The Kier molecular flexibility index (Phi) is 10.3. The van der Waals surface area contributed by atoms with E-state index >= 15 is 0 Å². The summed E-state index contributed by atoms with van der Waals surface area (Å²) in [5.74, 6) is 2.10. The molecule has 0 unspecified atom stereocenters. The SMILES string of the molecule is C=C(CN(C)C)C(=O)OCCOc1ccc(C2CCC(CCCCC)CC2)cc1. The molecule has 1 fully saturated rings. The summed E-state index contributed by atoms with van der Waals surface area (Å²) >= 11 is 0. The first kappa shape index (κ1) is 23.5. The molecule has 2 rings (SSSR count). The molecular weight excluding hydrogens is 362 g/mol. The number of hydrogen-bond donors (Lipinski definition) is 0. The topological polar surface area (TPSA) is 38.8 Å². The van der Waals surface area contributed by atoms with Crippen molar-refractivity contribution >= 4 is 5.97 Å². The maximum absolute atomic E-state index is 11.8. The molecule has 0 heterocycles. The normalized spacial score (nSPS) is 19.2. The van der Waals surface area contributed by atoms with E-state index in [1.165, 1.54) is 56.9 Å². The highest BCUT2D eigenvalue weighted by molar-refractivity contribution is 5.88. The molecule has 0 bridgehead atoms. The van der Waals surface area contributed by atoms with Gasteiger partial charge in [-0.25, -0.2) is 4.79 Å². The number of hydrogen-bond acceptors (Lipinski definition) is 4. The second-order valence-corrected chi connectivity index (χ2v) is 8.61. The number of unbranched alkanes of at least 4 members (excludes halogenated alkanes) is 2. The first-order valence-corrected chi connectivity index (χ1v) is 11.2. The van der Waals surface area contributed by atoms with Crippen LogP contribution in [0.15, 0.2) is 36.4 Å². The minimum Gasteiger partial charge on any atom is -0.490 e. The summed E-state index contributed by atoms with van der Waals surface area (Å²) in [6.45, 7) is 7.11. The molecule has 4 nitrogen and oxygen atoms in total. The molecule has 162 valence electrons. The highest BCUT2D eigenvalue weighted by atomic mass is 16.6. The molecule has 1 aliphatic rings. The average molecular weight is 402 g/mol. The Morgan fingerprint density at radius 1 is 1.07 bits per heavy atom. The number of nitrogens with zero attached hydrogens (tertiary/aromatic N) is 1. The molecule has 0 amide bonds. The van der Waals surface area contributed by atoms with Crippen molar-refractivity contribution in [3.8, 4) is 5.75 Å². The molecule has 0 aliphatic heterocycles. The number of carbonyl (C=O) groups is 1. The van der Waals surface area contributed by atoms with Gasteiger partial charge in [-0.2, -0.15) is 0 Å². The Bertz CT molecular complexity index is 615. The summed E-state index contributed by atoms with van der Waals surface area (Å²) < 4.78 is 10.9. The molecule has 1 aromatic carbocycles. The van der Waals surface area contributed by atoms with Gasteiger partial charge < -0.3 is 14.4 Å². The molecule has 0 atom stereocenters. The Hall–Kier alpha value is -1.81. The average Bonchev–Trinajstić information content (AvgIpc) is 2.72. The Labute approximate surface area is 177 Å². The van der Waals surface area contributed by atoms with E-state index in [2.05, 4.69) is 25.6 Å². The van der Waals surface area contributed by atoms with Crippen molar-refractivity contribution in [2.75, 3.05) is 33.9 Å². The van der Waals surface area contributed by atoms with Crippen LogP contribution in [0.25, 0.3) is 0 Å². The number of rotatable bonds is 12. The second kappa shape index (κ2) is 12.7. The lowest BCUT2D eigenvalue weighted by molar-refractivity contribution is -0.139. The zero-order valence-electron chi connectivity index (χ0n) is 18.6. The lowest BCUT2D eigenvalue weighted by atomic mass is 9.77. The summed E-state index contributed by atoms with van der Waals surface area (Å²) in [4.78, 5) is 13.7. The highest BCUT2D eigenvalue weighted by Gasteiger charge is 2.22. The summed E-state index contributed by atoms with van der Waals surface area (Å²) in [6, 6.07) is 8.47. The van der Waals surface area contributed by atoms with Crippen molar-refractivity contribution in [1.29, 1.82) is 0 Å². The fourth-order valence-electron chi connectivity index (χ4n) is 4.15. The predicted molar refractivity (Wildman–Crippen MR) is 119 cm³/mol. The Morgan fingerprint density at radius 2 is 1.76 bits per heavy atom. The van der Waals surface area contributed by atoms with Gasteiger partial charge in [0.2, 0.25) is 0 Å². The van der Waals surface area contributed by atoms with Gasteiger partial charge in [-0.05, 0) is 69.3 Å². The van der Waals surface area contributed by atoms with Gasteiger partial charge in [0.25, 0.3) is 0 Å². The summed E-state index contributed by atoms with van der Waals surface area (Å²) in [5.41, 5.74) is 1.88. The van der Waals surface area contributed by atoms with E-state index in [-0.39, 0.29) is 12.6 Å². The van der Waals surface area contributed by atoms with Crippen LogP contribution in [0, 0.1) is 5.92 Å². The monoisotopic (exact) mass is 401 g/mol. The highest BCUT2D eigenvalue weighted by Crippen LogP contribution is 2.38. The molecule has 0 spiro atoms. The minimum atomic E-state index is -0.358. The van der Waals surface area contributed by atoms with Gasteiger partial charge in [-0.15, -0.1) is 0 Å². The first-order valence-electron chi connectivity index (χ1n) is 11.2. The fraction of sp³-hybridized carbons (Fsp3) is 0.640. The zero-order chi connectivity index (χ0) is 21.1. The zero-order valence-corrected chi connectivity index (χ0v) is 18.6. The Morgan fingerprint density at radius 3 is 2.38 bits per heavy atom. The molecule has 1 aliphatic carbocycles. The van der Waals surface area contributed by atoms with Crippen LogP contribution in [0.3, 0.4) is 0 Å². The minimum absolute atomic E-state index is 0.231. The number of carbonyl (C=O) groups excluding carboxylic acids is 1. The number of esters is 1. The van der Waals surface area contributed by atoms with Crippen LogP contribution >= 0.6 is 0 Å². The van der Waals surface area contributed by atoms with E-state index < -0.39 is 0 Å². The van der Waals surface area contributed by atoms with E-state index in [1.807, 2.05) is 31.1 Å². The van der Waals surface area contributed by atoms with Gasteiger partial charge in [0.1, 0.15) is 19.0 Å². The summed E-state index contributed by atoms with van der Waals surface area (Å²) in [6.07, 6.45) is 10.9. The van der Waals surface area contributed by atoms with E-state index in [4.69, 9.17) is 9.47 Å². The van der Waals surface area contributed by atoms with Gasteiger partial charge in [0.15, 0.2) is 0 Å². The van der Waals surface area contributed by atoms with Crippen molar-refractivity contribution in [3.63, 3.8) is 0 Å². The standard InChI is InChI=1S/C25H39NO3/c1-5-6-7-8-21-9-11-22(12-10-21)23-13-15-24(16-14-23)28-17-18-29-25(27)20(2)19-26(3)4/h13-16,21-22H,2,5-12,17-19H2,1,3-4H3. The summed E-state index contributed by atoms with van der Waals surface area (Å²) in [5, 5.41) is 0. The van der Waals surface area contributed by atoms with Crippen LogP contribution in [0.1, 0.15) is 69.8 Å². The van der Waals surface area contributed by atoms with Crippen LogP contribution in [0.4, 0.5) is 0 Å². The molecule has 1 aromatic rings. The van der Waals surface area contributed by atoms with E-state index in [0.29, 0.717) is 24.6 Å². The quantitative estimate of drug-likeness (QED) is 0.260. The van der Waals surface area contributed by atoms with Crippen molar-refractivity contribution in [3.05, 3.63) is 42.0 Å². The molecule has 0 N–H and O–H groups in total. The number of likely N-dealkylation sites (N-methyl/N-ethyl adjacent to an activating group) is 1. The predicted octanol–water partition coefficient (Wildman–Crippen LogP) is 5.58. The molecule has 0 saturated heterocycles. The lowest BCUT2D eigenvalue weighted by Crippen LogP contribution is -2.22. The smallest absolute Gasteiger partial charge is 0.334 e. The molecule has 1 saturated carbocycles. The van der Waals surface area contributed by atoms with E-state index in [9.17, 15) is 4.79 Å². The van der Waals surface area contributed by atoms with Crippen molar-refractivity contribution < 1.29 is 14.3 Å². The second-order valence-electron chi connectivity index (χ2n) is 8.61. The van der Waals surface area contributed by atoms with Crippen molar-refractivity contribution in [1.82, 2.24) is 4.90 Å². The van der Waals surface area contributed by atoms with Crippen molar-refractivity contribution in [2.24, 2.45) is 5.92 Å². The van der Waals surface area contributed by atoms with Crippen LogP contribution in [0.2, 0.25) is 0 Å². The number of ether oxygens (including phenoxy) is 2. The third-order valence-corrected chi connectivity index (χ3v) is 5.80. The van der Waals surface area contributed by atoms with Gasteiger partial charge in [-0.1, -0.05) is 51.3 Å². The molecule has 0 aromatic heterocycles. The van der Waals surface area contributed by atoms with Gasteiger partial charge in [0.05, 0.1) is 0 Å². The van der Waals surface area contributed by atoms with E-state index in [0.717, 1.165) is 11.7 Å². The van der Waals surface area contributed by atoms with Crippen LogP contribution in [0.5, 0.6) is 5.75 Å². The molecule has 0 radical (unpaired) electrons. The first-order chi connectivity index (χ1) is 14.0. The fourth-order valence-corrected chi connectivity index (χ4v) is 4.15. The van der Waals surface area contributed by atoms with Gasteiger partial charge in [0, 0.05) is 12.1 Å². The summed E-state index contributed by atoms with van der Waals surface area (Å²) in [7, 11) is 3.79. The number of benzene rings is 1. The van der Waals surface area contributed by atoms with Crippen LogP contribution in [-0.2, 0) is 9.53 Å². The van der Waals surface area contributed by atoms with Crippen LogP contribution in [-0.4, -0.2) is 44.7 Å². The maximum atomic E-state index is 11.8. The lowest BCUT2D eigenvalue weighted by Gasteiger charge is -2.29. The van der Waals surface area contributed by atoms with Crippen LogP contribution < -0.4 is 4.74 Å². The molecule has 29 heavy (non-hydrogen) atoms. The van der Waals surface area contributed by atoms with Crippen molar-refractivity contribution in [2.45, 2.75) is 64.2 Å². The van der Waals surface area contributed by atoms with E-state index in [1.54, 1.807) is 0 Å². The Balaban J connectivity index is 1.66. The maximum Gasteiger partial charge on any atom is 0.334 e. The molecular formula is C25H39NO3. The van der Waals surface area contributed by atoms with Gasteiger partial charge in [-0.3, -0.25) is 0 Å².